The standard InChI is InChI=1S/C23H21N5O/c24-15-17-3-6-19(7-4-17)26-22-12-5-18(16-25-22)23(29)27-20-8-10-21(11-9-20)28-13-1-2-14-28/h3-12,16H,1-2,13-14H2,(H,25,26)(H,27,29). The molecule has 1 fully saturated rings. The molecular formula is C23H21N5O. The van der Waals surface area contributed by atoms with Crippen molar-refractivity contribution in [1.82, 2.24) is 4.98 Å². The Balaban J connectivity index is 1.36. The molecule has 1 aromatic heterocycles. The van der Waals surface area contributed by atoms with E-state index in [2.05, 4.69) is 26.6 Å². The van der Waals surface area contributed by atoms with Crippen molar-refractivity contribution in [3.63, 3.8) is 0 Å². The lowest BCUT2D eigenvalue weighted by Crippen LogP contribution is -2.17. The molecule has 4 rings (SSSR count). The zero-order chi connectivity index (χ0) is 20.1. The van der Waals surface area contributed by atoms with Crippen LogP contribution in [0.3, 0.4) is 0 Å². The summed E-state index contributed by atoms with van der Waals surface area (Å²) in [5, 5.41) is 14.9. The third-order valence-electron chi connectivity index (χ3n) is 4.91. The van der Waals surface area contributed by atoms with Crippen LogP contribution in [0, 0.1) is 11.3 Å². The van der Waals surface area contributed by atoms with Gasteiger partial charge in [-0.2, -0.15) is 5.26 Å². The molecule has 6 nitrogen and oxygen atoms in total. The minimum atomic E-state index is -0.198. The largest absolute Gasteiger partial charge is 0.372 e. The number of nitrogens with one attached hydrogen (secondary N) is 2. The molecule has 2 aromatic carbocycles. The van der Waals surface area contributed by atoms with E-state index < -0.39 is 0 Å². The molecule has 1 amide bonds. The fraction of sp³-hybridized carbons (Fsp3) is 0.174. The lowest BCUT2D eigenvalue weighted by Gasteiger charge is -2.17. The number of anilines is 4. The van der Waals surface area contributed by atoms with Gasteiger partial charge in [-0.15, -0.1) is 0 Å². The first-order valence-electron chi connectivity index (χ1n) is 9.61. The van der Waals surface area contributed by atoms with Crippen molar-refractivity contribution in [3.05, 3.63) is 78.0 Å². The van der Waals surface area contributed by atoms with Gasteiger partial charge in [0.25, 0.3) is 5.91 Å². The maximum absolute atomic E-state index is 12.5. The highest BCUT2D eigenvalue weighted by molar-refractivity contribution is 6.04. The second-order valence-electron chi connectivity index (χ2n) is 6.94. The second kappa shape index (κ2) is 8.44. The van der Waals surface area contributed by atoms with Gasteiger partial charge in [-0.1, -0.05) is 0 Å². The van der Waals surface area contributed by atoms with Crippen LogP contribution in [-0.4, -0.2) is 24.0 Å². The van der Waals surface area contributed by atoms with Crippen molar-refractivity contribution in [1.29, 1.82) is 5.26 Å². The van der Waals surface area contributed by atoms with Crippen molar-refractivity contribution in [2.75, 3.05) is 28.6 Å². The molecule has 0 spiro atoms. The molecule has 6 heteroatoms. The summed E-state index contributed by atoms with van der Waals surface area (Å²) in [6.45, 7) is 2.19. The average molecular weight is 383 g/mol. The number of amides is 1. The van der Waals surface area contributed by atoms with E-state index >= 15 is 0 Å². The summed E-state index contributed by atoms with van der Waals surface area (Å²) in [5.41, 5.74) is 3.87. The Morgan fingerprint density at radius 3 is 2.24 bits per heavy atom. The van der Waals surface area contributed by atoms with Crippen LogP contribution in [0.5, 0.6) is 0 Å². The number of carbonyl (C=O) groups is 1. The molecule has 0 radical (unpaired) electrons. The summed E-state index contributed by atoms with van der Waals surface area (Å²) < 4.78 is 0. The van der Waals surface area contributed by atoms with E-state index in [0.29, 0.717) is 16.9 Å². The lowest BCUT2D eigenvalue weighted by molar-refractivity contribution is 0.102. The Hall–Kier alpha value is -3.85. The highest BCUT2D eigenvalue weighted by Gasteiger charge is 2.12. The Kier molecular flexibility index (Phi) is 5.39. The van der Waals surface area contributed by atoms with Gasteiger partial charge in [0.05, 0.1) is 17.2 Å². The number of hydrogen-bond acceptors (Lipinski definition) is 5. The molecule has 29 heavy (non-hydrogen) atoms. The van der Waals surface area contributed by atoms with Crippen LogP contribution >= 0.6 is 0 Å². The maximum Gasteiger partial charge on any atom is 0.257 e. The van der Waals surface area contributed by atoms with Crippen LogP contribution in [0.15, 0.2) is 66.9 Å². The molecule has 0 aliphatic carbocycles. The number of benzene rings is 2. The van der Waals surface area contributed by atoms with Gasteiger partial charge in [0.2, 0.25) is 0 Å². The van der Waals surface area contributed by atoms with Crippen LogP contribution in [0.2, 0.25) is 0 Å². The van der Waals surface area contributed by atoms with E-state index in [1.54, 1.807) is 30.5 Å². The van der Waals surface area contributed by atoms with Gasteiger partial charge in [0.1, 0.15) is 5.82 Å². The fourth-order valence-corrected chi connectivity index (χ4v) is 3.31. The maximum atomic E-state index is 12.5. The van der Waals surface area contributed by atoms with Gasteiger partial charge in [-0.3, -0.25) is 4.79 Å². The van der Waals surface area contributed by atoms with Crippen molar-refractivity contribution < 1.29 is 4.79 Å². The molecule has 1 aliphatic rings. The van der Waals surface area contributed by atoms with Crippen molar-refractivity contribution in [2.24, 2.45) is 0 Å². The van der Waals surface area contributed by atoms with Crippen molar-refractivity contribution in [2.45, 2.75) is 12.8 Å². The predicted molar refractivity (Wildman–Crippen MR) is 115 cm³/mol. The van der Waals surface area contributed by atoms with Gasteiger partial charge >= 0.3 is 0 Å². The average Bonchev–Trinajstić information content (AvgIpc) is 3.30. The number of hydrogen-bond donors (Lipinski definition) is 2. The van der Waals surface area contributed by atoms with E-state index in [-0.39, 0.29) is 5.91 Å². The smallest absolute Gasteiger partial charge is 0.257 e. The number of carbonyl (C=O) groups excluding carboxylic acids is 1. The molecule has 2 heterocycles. The number of pyridine rings is 1. The minimum absolute atomic E-state index is 0.198. The van der Waals surface area contributed by atoms with Crippen LogP contribution < -0.4 is 15.5 Å². The fourth-order valence-electron chi connectivity index (χ4n) is 3.31. The Labute approximate surface area is 169 Å². The molecule has 1 aliphatic heterocycles. The molecule has 0 unspecified atom stereocenters. The Bertz CT molecular complexity index is 1010. The summed E-state index contributed by atoms with van der Waals surface area (Å²) in [5.74, 6) is 0.428. The molecule has 0 bridgehead atoms. The third-order valence-corrected chi connectivity index (χ3v) is 4.91. The zero-order valence-electron chi connectivity index (χ0n) is 15.9. The van der Waals surface area contributed by atoms with E-state index in [0.717, 1.165) is 24.5 Å². The highest BCUT2D eigenvalue weighted by atomic mass is 16.1. The minimum Gasteiger partial charge on any atom is -0.372 e. The molecular weight excluding hydrogens is 362 g/mol. The van der Waals surface area contributed by atoms with Crippen LogP contribution in [0.4, 0.5) is 22.9 Å². The number of nitrogens with zero attached hydrogens (tertiary/aromatic N) is 3. The normalized spacial score (nSPS) is 13.0. The van der Waals surface area contributed by atoms with Crippen LogP contribution in [0.25, 0.3) is 0 Å². The summed E-state index contributed by atoms with van der Waals surface area (Å²) in [7, 11) is 0. The molecule has 2 N–H and O–H groups in total. The predicted octanol–water partition coefficient (Wildman–Crippen LogP) is 4.55. The summed E-state index contributed by atoms with van der Waals surface area (Å²) in [4.78, 5) is 19.1. The van der Waals surface area contributed by atoms with Crippen molar-refractivity contribution >= 4 is 28.8 Å². The summed E-state index contributed by atoms with van der Waals surface area (Å²) in [6.07, 6.45) is 4.02. The van der Waals surface area contributed by atoms with E-state index in [9.17, 15) is 4.79 Å². The van der Waals surface area contributed by atoms with Gasteiger partial charge in [0.15, 0.2) is 0 Å². The molecule has 0 atom stereocenters. The molecule has 3 aromatic rings. The number of aromatic nitrogens is 1. The Morgan fingerprint density at radius 2 is 1.62 bits per heavy atom. The van der Waals surface area contributed by atoms with Crippen molar-refractivity contribution in [3.8, 4) is 6.07 Å². The summed E-state index contributed by atoms with van der Waals surface area (Å²) in [6, 6.07) is 20.6. The third kappa shape index (κ3) is 4.53. The summed E-state index contributed by atoms with van der Waals surface area (Å²) >= 11 is 0. The quantitative estimate of drug-likeness (QED) is 0.676. The van der Waals surface area contributed by atoms with E-state index in [4.69, 9.17) is 5.26 Å². The van der Waals surface area contributed by atoms with Crippen LogP contribution in [-0.2, 0) is 0 Å². The van der Waals surface area contributed by atoms with E-state index in [1.165, 1.54) is 18.5 Å². The topological polar surface area (TPSA) is 81.0 Å². The van der Waals surface area contributed by atoms with Crippen LogP contribution in [0.1, 0.15) is 28.8 Å². The first-order chi connectivity index (χ1) is 14.2. The first kappa shape index (κ1) is 18.5. The molecule has 1 saturated heterocycles. The SMILES string of the molecule is N#Cc1ccc(Nc2ccc(C(=O)Nc3ccc(N4CCCC4)cc3)cn2)cc1. The van der Waals surface area contributed by atoms with Gasteiger partial charge in [-0.05, 0) is 73.5 Å². The lowest BCUT2D eigenvalue weighted by atomic mass is 10.2. The molecule has 144 valence electrons. The monoisotopic (exact) mass is 383 g/mol. The Morgan fingerprint density at radius 1 is 0.931 bits per heavy atom. The second-order valence-corrected chi connectivity index (χ2v) is 6.94. The molecule has 0 saturated carbocycles. The van der Waals surface area contributed by atoms with E-state index in [1.807, 2.05) is 36.4 Å². The number of nitriles is 1. The van der Waals surface area contributed by atoms with Gasteiger partial charge < -0.3 is 15.5 Å². The van der Waals surface area contributed by atoms with Gasteiger partial charge in [-0.25, -0.2) is 4.98 Å². The first-order valence-corrected chi connectivity index (χ1v) is 9.61. The zero-order valence-corrected chi connectivity index (χ0v) is 15.9. The highest BCUT2D eigenvalue weighted by Crippen LogP contribution is 2.22. The number of rotatable bonds is 5. The van der Waals surface area contributed by atoms with Gasteiger partial charge in [0, 0.05) is 36.3 Å².